The van der Waals surface area contributed by atoms with E-state index in [-0.39, 0.29) is 11.2 Å². The van der Waals surface area contributed by atoms with Crippen LogP contribution in [-0.4, -0.2) is 27.4 Å². The van der Waals surface area contributed by atoms with Crippen LogP contribution in [0.4, 0.5) is 5.13 Å². The van der Waals surface area contributed by atoms with Crippen LogP contribution in [0.1, 0.15) is 44.6 Å². The summed E-state index contributed by atoms with van der Waals surface area (Å²) < 4.78 is 0.821. The lowest BCUT2D eigenvalue weighted by molar-refractivity contribution is -0.121. The predicted octanol–water partition coefficient (Wildman–Crippen LogP) is 4.08. The molecule has 134 valence electrons. The third-order valence-corrected chi connectivity index (χ3v) is 6.36. The number of benzene rings is 1. The molecule has 5 nitrogen and oxygen atoms in total. The predicted molar refractivity (Wildman–Crippen MR) is 104 cm³/mol. The van der Waals surface area contributed by atoms with Gasteiger partial charge < -0.3 is 10.6 Å². The second-order valence-electron chi connectivity index (χ2n) is 6.32. The van der Waals surface area contributed by atoms with E-state index >= 15 is 0 Å². The number of amides is 1. The summed E-state index contributed by atoms with van der Waals surface area (Å²) in [5, 5.41) is 15.4. The van der Waals surface area contributed by atoms with Crippen LogP contribution in [0.15, 0.2) is 34.7 Å². The molecule has 25 heavy (non-hydrogen) atoms. The van der Waals surface area contributed by atoms with E-state index in [1.54, 1.807) is 0 Å². The lowest BCUT2D eigenvalue weighted by Crippen LogP contribution is -2.40. The number of hydrogen-bond donors (Lipinski definition) is 2. The van der Waals surface area contributed by atoms with Gasteiger partial charge in [0, 0.05) is 12.6 Å². The highest BCUT2D eigenvalue weighted by molar-refractivity contribution is 8.02. The number of thioether (sulfide) groups is 1. The first-order chi connectivity index (χ1) is 12.2. The molecule has 1 aliphatic carbocycles. The summed E-state index contributed by atoms with van der Waals surface area (Å²) in [5.41, 5.74) is 1.20. The second kappa shape index (κ2) is 9.20. The van der Waals surface area contributed by atoms with Crippen molar-refractivity contribution in [3.63, 3.8) is 0 Å². The van der Waals surface area contributed by atoms with E-state index < -0.39 is 0 Å². The second-order valence-corrected chi connectivity index (χ2v) is 8.88. The first kappa shape index (κ1) is 18.2. The van der Waals surface area contributed by atoms with Gasteiger partial charge in [-0.25, -0.2) is 0 Å². The molecule has 1 aliphatic rings. The summed E-state index contributed by atoms with van der Waals surface area (Å²) in [6.07, 6.45) is 5.95. The molecular formula is C18H24N4OS2. The molecule has 1 unspecified atom stereocenters. The van der Waals surface area contributed by atoms with Crippen LogP contribution in [-0.2, 0) is 11.3 Å². The minimum atomic E-state index is -0.156. The van der Waals surface area contributed by atoms with E-state index in [9.17, 15) is 4.79 Å². The van der Waals surface area contributed by atoms with Gasteiger partial charge in [-0.3, -0.25) is 4.79 Å². The molecule has 1 amide bonds. The average molecular weight is 377 g/mol. The molecule has 3 rings (SSSR count). The molecule has 2 N–H and O–H groups in total. The van der Waals surface area contributed by atoms with Crippen LogP contribution in [0, 0.1) is 0 Å². The van der Waals surface area contributed by atoms with Crippen LogP contribution in [0.3, 0.4) is 0 Å². The zero-order chi connectivity index (χ0) is 17.5. The number of carbonyl (C=O) groups excluding carboxylic acids is 1. The molecule has 7 heteroatoms. The van der Waals surface area contributed by atoms with Crippen molar-refractivity contribution < 1.29 is 4.79 Å². The highest BCUT2D eigenvalue weighted by atomic mass is 32.2. The number of rotatable bonds is 7. The monoisotopic (exact) mass is 376 g/mol. The fourth-order valence-electron chi connectivity index (χ4n) is 2.87. The van der Waals surface area contributed by atoms with E-state index in [1.165, 1.54) is 47.9 Å². The molecule has 0 bridgehead atoms. The van der Waals surface area contributed by atoms with Crippen molar-refractivity contribution in [2.45, 2.75) is 61.2 Å². The van der Waals surface area contributed by atoms with Gasteiger partial charge >= 0.3 is 0 Å². The lowest BCUT2D eigenvalue weighted by Gasteiger charge is -2.24. The van der Waals surface area contributed by atoms with Gasteiger partial charge in [0.15, 0.2) is 4.34 Å². The SMILES string of the molecule is CC(Sc1nnc(NCc2ccccc2)s1)C(=O)NC1CCCCC1. The first-order valence-corrected chi connectivity index (χ1v) is 10.5. The lowest BCUT2D eigenvalue weighted by atomic mass is 9.95. The summed E-state index contributed by atoms with van der Waals surface area (Å²) in [5.74, 6) is 0.103. The van der Waals surface area contributed by atoms with Crippen molar-refractivity contribution >= 4 is 34.1 Å². The van der Waals surface area contributed by atoms with E-state index in [0.717, 1.165) is 28.9 Å². The van der Waals surface area contributed by atoms with Gasteiger partial charge in [-0.05, 0) is 25.3 Å². The summed E-state index contributed by atoms with van der Waals surface area (Å²) in [6.45, 7) is 2.65. The summed E-state index contributed by atoms with van der Waals surface area (Å²) >= 11 is 2.97. The fourth-order valence-corrected chi connectivity index (χ4v) is 4.77. The Morgan fingerprint density at radius 2 is 2.00 bits per heavy atom. The van der Waals surface area contributed by atoms with Gasteiger partial charge in [0.25, 0.3) is 0 Å². The molecule has 1 saturated carbocycles. The maximum absolute atomic E-state index is 12.3. The molecule has 1 aromatic carbocycles. The molecule has 2 aromatic rings. The largest absolute Gasteiger partial charge is 0.356 e. The van der Waals surface area contributed by atoms with Gasteiger partial charge in [-0.2, -0.15) is 0 Å². The summed E-state index contributed by atoms with van der Waals surface area (Å²) in [7, 11) is 0. The molecule has 1 aromatic heterocycles. The smallest absolute Gasteiger partial charge is 0.233 e. The van der Waals surface area contributed by atoms with Crippen molar-refractivity contribution in [2.75, 3.05) is 5.32 Å². The van der Waals surface area contributed by atoms with Crippen molar-refractivity contribution in [1.82, 2.24) is 15.5 Å². The maximum atomic E-state index is 12.3. The van der Waals surface area contributed by atoms with Crippen LogP contribution < -0.4 is 10.6 Å². The number of carbonyl (C=O) groups is 1. The third kappa shape index (κ3) is 5.71. The van der Waals surface area contributed by atoms with Crippen LogP contribution in [0.25, 0.3) is 0 Å². The molecular weight excluding hydrogens is 352 g/mol. The zero-order valence-corrected chi connectivity index (χ0v) is 16.0. The van der Waals surface area contributed by atoms with Crippen LogP contribution >= 0.6 is 23.1 Å². The summed E-state index contributed by atoms with van der Waals surface area (Å²) in [6, 6.07) is 10.5. The Kier molecular flexibility index (Phi) is 6.69. The topological polar surface area (TPSA) is 66.9 Å². The first-order valence-electron chi connectivity index (χ1n) is 8.79. The van der Waals surface area contributed by atoms with E-state index in [1.807, 2.05) is 25.1 Å². The maximum Gasteiger partial charge on any atom is 0.233 e. The number of anilines is 1. The van der Waals surface area contributed by atoms with Gasteiger partial charge in [0.05, 0.1) is 5.25 Å². The van der Waals surface area contributed by atoms with E-state index in [0.29, 0.717) is 6.04 Å². The van der Waals surface area contributed by atoms with Crippen LogP contribution in [0.2, 0.25) is 0 Å². The average Bonchev–Trinajstić information content (AvgIpc) is 3.09. The van der Waals surface area contributed by atoms with Crippen molar-refractivity contribution in [3.8, 4) is 0 Å². The minimum absolute atomic E-state index is 0.103. The highest BCUT2D eigenvalue weighted by Gasteiger charge is 2.21. The Hall–Kier alpha value is -1.60. The van der Waals surface area contributed by atoms with Gasteiger partial charge in [-0.15, -0.1) is 10.2 Å². The molecule has 0 saturated heterocycles. The fraction of sp³-hybridized carbons (Fsp3) is 0.500. The highest BCUT2D eigenvalue weighted by Crippen LogP contribution is 2.29. The molecule has 1 fully saturated rings. The Balaban J connectivity index is 1.46. The normalized spacial score (nSPS) is 16.4. The van der Waals surface area contributed by atoms with Gasteiger partial charge in [-0.1, -0.05) is 72.7 Å². The molecule has 1 heterocycles. The number of nitrogens with zero attached hydrogens (tertiary/aromatic N) is 2. The molecule has 0 radical (unpaired) electrons. The van der Waals surface area contributed by atoms with E-state index in [4.69, 9.17) is 0 Å². The number of hydrogen-bond acceptors (Lipinski definition) is 6. The van der Waals surface area contributed by atoms with Crippen molar-refractivity contribution in [2.24, 2.45) is 0 Å². The Morgan fingerprint density at radius 1 is 1.24 bits per heavy atom. The van der Waals surface area contributed by atoms with Gasteiger partial charge in [0.1, 0.15) is 0 Å². The Labute approximate surface area is 157 Å². The van der Waals surface area contributed by atoms with Crippen LogP contribution in [0.5, 0.6) is 0 Å². The van der Waals surface area contributed by atoms with Crippen molar-refractivity contribution in [1.29, 1.82) is 0 Å². The Morgan fingerprint density at radius 3 is 2.76 bits per heavy atom. The molecule has 1 atom stereocenters. The molecule has 0 spiro atoms. The molecule has 0 aliphatic heterocycles. The standard InChI is InChI=1S/C18H24N4OS2/c1-13(16(23)20-15-10-6-3-7-11-15)24-18-22-21-17(25-18)19-12-14-8-4-2-5-9-14/h2,4-5,8-9,13,15H,3,6-7,10-12H2,1H3,(H,19,21)(H,20,23). The third-order valence-electron chi connectivity index (χ3n) is 4.29. The summed E-state index contributed by atoms with van der Waals surface area (Å²) in [4.78, 5) is 12.3. The van der Waals surface area contributed by atoms with E-state index in [2.05, 4.69) is 33.0 Å². The van der Waals surface area contributed by atoms with Gasteiger partial charge in [0.2, 0.25) is 11.0 Å². The number of nitrogens with one attached hydrogen (secondary N) is 2. The zero-order valence-electron chi connectivity index (χ0n) is 14.4. The quantitative estimate of drug-likeness (QED) is 0.713. The van der Waals surface area contributed by atoms with Crippen molar-refractivity contribution in [3.05, 3.63) is 35.9 Å². The minimum Gasteiger partial charge on any atom is -0.356 e. The Bertz CT molecular complexity index is 671. The number of aromatic nitrogens is 2.